The van der Waals surface area contributed by atoms with Crippen LogP contribution in [0.3, 0.4) is 0 Å². The molecule has 0 heterocycles. The Morgan fingerprint density at radius 3 is 1.05 bits per heavy atom. The van der Waals surface area contributed by atoms with E-state index in [1.807, 2.05) is 0 Å². The molecule has 0 atom stereocenters. The number of rotatable bonds is 14. The van der Waals surface area contributed by atoms with Crippen LogP contribution in [0.2, 0.25) is 0 Å². The van der Waals surface area contributed by atoms with Crippen LogP contribution in [0.5, 0.6) is 0 Å². The van der Waals surface area contributed by atoms with Gasteiger partial charge in [-0.25, -0.2) is 0 Å². The molecule has 1 N–H and O–H groups in total. The minimum absolute atomic E-state index is 0. The minimum Gasteiger partial charge on any atom is -0.396 e. The zero-order valence-corrected chi connectivity index (χ0v) is 16.1. The number of aliphatic hydroxyl groups excluding tert-OH is 1. The summed E-state index contributed by atoms with van der Waals surface area (Å²) >= 11 is 0. The molecule has 0 spiro atoms. The first-order chi connectivity index (χ1) is 8.41. The van der Waals surface area contributed by atoms with Crippen molar-refractivity contribution >= 4 is 0 Å². The van der Waals surface area contributed by atoms with Gasteiger partial charge in [0.05, 0.1) is 0 Å². The Labute approximate surface area is 145 Å². The van der Waals surface area contributed by atoms with Gasteiger partial charge in [0.25, 0.3) is 0 Å². The summed E-state index contributed by atoms with van der Waals surface area (Å²) in [4.78, 5) is 0. The Hall–Kier alpha value is 0.960. The van der Waals surface area contributed by atoms with Crippen LogP contribution in [-0.4, -0.2) is 11.7 Å². The number of unbranched alkanes of at least 4 members (excludes halogenated alkanes) is 13. The molecule has 0 aromatic carbocycles. The maximum atomic E-state index is 8.64. The molecule has 1 nitrogen and oxygen atoms in total. The van der Waals surface area contributed by atoms with E-state index in [9.17, 15) is 0 Å². The second-order valence-corrected chi connectivity index (χ2v) is 5.32. The van der Waals surface area contributed by atoms with Gasteiger partial charge in [-0.15, -0.1) is 0 Å². The van der Waals surface area contributed by atoms with Crippen LogP contribution in [0.1, 0.15) is 96.8 Å². The van der Waals surface area contributed by atoms with Crippen molar-refractivity contribution in [3.05, 3.63) is 7.43 Å². The maximum Gasteiger partial charge on any atom is 1.00 e. The van der Waals surface area contributed by atoms with Gasteiger partial charge in [0.2, 0.25) is 0 Å². The van der Waals surface area contributed by atoms with Gasteiger partial charge in [-0.3, -0.25) is 0 Å². The van der Waals surface area contributed by atoms with Crippen LogP contribution >= 0.6 is 0 Å². The first-order valence-corrected chi connectivity index (χ1v) is 8.02. The smallest absolute Gasteiger partial charge is 0.396 e. The van der Waals surface area contributed by atoms with Gasteiger partial charge in [0.1, 0.15) is 0 Å². The van der Waals surface area contributed by atoms with Crippen molar-refractivity contribution in [2.45, 2.75) is 96.8 Å². The topological polar surface area (TPSA) is 20.2 Å². The quantitative estimate of drug-likeness (QED) is 0.295. The van der Waals surface area contributed by atoms with E-state index < -0.39 is 0 Å². The second kappa shape index (κ2) is 24.0. The molecule has 0 bridgehead atoms. The maximum absolute atomic E-state index is 8.64. The fourth-order valence-electron chi connectivity index (χ4n) is 2.31. The number of hydrogen-bond acceptors (Lipinski definition) is 1. The van der Waals surface area contributed by atoms with Gasteiger partial charge in [0.15, 0.2) is 0 Å². The van der Waals surface area contributed by atoms with Crippen molar-refractivity contribution in [2.24, 2.45) is 0 Å². The molecule has 2 heteroatoms. The molecule has 0 unspecified atom stereocenters. The zero-order chi connectivity index (χ0) is 12.6. The average molecular weight is 280 g/mol. The fourth-order valence-corrected chi connectivity index (χ4v) is 2.31. The van der Waals surface area contributed by atoms with Crippen molar-refractivity contribution < 1.29 is 34.7 Å². The van der Waals surface area contributed by atoms with Gasteiger partial charge in [0, 0.05) is 6.61 Å². The molecule has 0 rings (SSSR count). The van der Waals surface area contributed by atoms with E-state index in [-0.39, 0.29) is 37.0 Å². The first kappa shape index (κ1) is 24.9. The Balaban J connectivity index is -0.00000128. The SMILES string of the molecule is CCCCCCCCCCCCCCCCO.[CH3-].[Na+]. The van der Waals surface area contributed by atoms with Crippen LogP contribution in [0, 0.1) is 7.43 Å². The van der Waals surface area contributed by atoms with Gasteiger partial charge < -0.3 is 12.5 Å². The summed E-state index contributed by atoms with van der Waals surface area (Å²) in [6, 6.07) is 0. The summed E-state index contributed by atoms with van der Waals surface area (Å²) in [6.45, 7) is 2.65. The zero-order valence-electron chi connectivity index (χ0n) is 14.1. The molecule has 0 saturated heterocycles. The minimum atomic E-state index is 0. The largest absolute Gasteiger partial charge is 1.00 e. The van der Waals surface area contributed by atoms with Crippen molar-refractivity contribution in [2.75, 3.05) is 6.61 Å². The van der Waals surface area contributed by atoms with Crippen LogP contribution in [0.15, 0.2) is 0 Å². The molecular formula is C17H37NaO. The van der Waals surface area contributed by atoms with Gasteiger partial charge in [-0.2, -0.15) is 0 Å². The summed E-state index contributed by atoms with van der Waals surface area (Å²) in [6.07, 6.45) is 19.2. The molecule has 0 aromatic rings. The average Bonchev–Trinajstić information content (AvgIpc) is 2.35. The van der Waals surface area contributed by atoms with Crippen LogP contribution in [0.25, 0.3) is 0 Å². The molecule has 0 radical (unpaired) electrons. The van der Waals surface area contributed by atoms with E-state index in [0.717, 1.165) is 6.42 Å². The Bertz CT molecular complexity index is 114. The van der Waals surface area contributed by atoms with Gasteiger partial charge >= 0.3 is 29.6 Å². The van der Waals surface area contributed by atoms with E-state index in [0.29, 0.717) is 6.61 Å². The third-order valence-electron chi connectivity index (χ3n) is 3.51. The number of hydrogen-bond donors (Lipinski definition) is 1. The van der Waals surface area contributed by atoms with Gasteiger partial charge in [-0.05, 0) is 6.42 Å². The van der Waals surface area contributed by atoms with Crippen molar-refractivity contribution in [1.82, 2.24) is 0 Å². The second-order valence-electron chi connectivity index (χ2n) is 5.32. The van der Waals surface area contributed by atoms with E-state index >= 15 is 0 Å². The summed E-state index contributed by atoms with van der Waals surface area (Å²) in [5.74, 6) is 0. The monoisotopic (exact) mass is 280 g/mol. The van der Waals surface area contributed by atoms with Crippen LogP contribution < -0.4 is 29.6 Å². The molecule has 0 aliphatic carbocycles. The van der Waals surface area contributed by atoms with Crippen LogP contribution in [-0.2, 0) is 0 Å². The Morgan fingerprint density at radius 2 is 0.789 bits per heavy atom. The fraction of sp³-hybridized carbons (Fsp3) is 0.941. The van der Waals surface area contributed by atoms with Gasteiger partial charge in [-0.1, -0.05) is 90.4 Å². The van der Waals surface area contributed by atoms with E-state index in [1.54, 1.807) is 0 Å². The molecule has 0 aliphatic heterocycles. The number of aliphatic hydroxyl groups is 1. The van der Waals surface area contributed by atoms with E-state index in [4.69, 9.17) is 5.11 Å². The Kier molecular flexibility index (Phi) is 31.5. The van der Waals surface area contributed by atoms with Crippen molar-refractivity contribution in [1.29, 1.82) is 0 Å². The predicted molar refractivity (Wildman–Crippen MR) is 83.8 cm³/mol. The molecule has 0 saturated carbocycles. The summed E-state index contributed by atoms with van der Waals surface area (Å²) in [5, 5.41) is 8.64. The van der Waals surface area contributed by atoms with Crippen molar-refractivity contribution in [3.63, 3.8) is 0 Å². The summed E-state index contributed by atoms with van der Waals surface area (Å²) in [7, 11) is 0. The summed E-state index contributed by atoms with van der Waals surface area (Å²) < 4.78 is 0. The molecule has 0 fully saturated rings. The third-order valence-corrected chi connectivity index (χ3v) is 3.51. The molecule has 0 aliphatic rings. The first-order valence-electron chi connectivity index (χ1n) is 8.02. The Morgan fingerprint density at radius 1 is 0.526 bits per heavy atom. The molecular weight excluding hydrogens is 243 g/mol. The van der Waals surface area contributed by atoms with Crippen LogP contribution in [0.4, 0.5) is 0 Å². The molecule has 0 amide bonds. The predicted octanol–water partition coefficient (Wildman–Crippen LogP) is 2.91. The standard InChI is InChI=1S/C16H34O.CH3.Na/c1-2-3-4-5-6-7-8-9-10-11-12-13-14-15-16-17;;/h17H,2-16H2,1H3;1H3;/q;-1;+1. The third kappa shape index (κ3) is 24.4. The summed E-state index contributed by atoms with van der Waals surface area (Å²) in [5.41, 5.74) is 0. The molecule has 19 heavy (non-hydrogen) atoms. The van der Waals surface area contributed by atoms with E-state index in [2.05, 4.69) is 6.92 Å². The molecule has 112 valence electrons. The molecule has 0 aromatic heterocycles. The normalized spacial score (nSPS) is 9.79. The van der Waals surface area contributed by atoms with E-state index in [1.165, 1.54) is 83.5 Å². The van der Waals surface area contributed by atoms with Crippen molar-refractivity contribution in [3.8, 4) is 0 Å².